The first-order valence-electron chi connectivity index (χ1n) is 4.83. The van der Waals surface area contributed by atoms with Crippen molar-refractivity contribution in [2.75, 3.05) is 6.61 Å². The van der Waals surface area contributed by atoms with Crippen LogP contribution in [0.15, 0.2) is 18.2 Å². The van der Waals surface area contributed by atoms with Crippen molar-refractivity contribution in [3.05, 3.63) is 27.3 Å². The lowest BCUT2D eigenvalue weighted by atomic mass is 10.1. The molecule has 0 aliphatic heterocycles. The molecule has 0 radical (unpaired) electrons. The lowest BCUT2D eigenvalue weighted by Crippen LogP contribution is -2.08. The third-order valence-electron chi connectivity index (χ3n) is 1.92. The molecule has 0 saturated heterocycles. The molecule has 2 N–H and O–H groups in total. The molecule has 1 atom stereocenters. The lowest BCUT2D eigenvalue weighted by Gasteiger charge is -2.13. The van der Waals surface area contributed by atoms with Gasteiger partial charge in [0.25, 0.3) is 0 Å². The smallest absolute Gasteiger partial charge is 0.124 e. The van der Waals surface area contributed by atoms with Crippen molar-refractivity contribution < 1.29 is 4.74 Å². The van der Waals surface area contributed by atoms with Crippen molar-refractivity contribution in [1.82, 2.24) is 0 Å². The van der Waals surface area contributed by atoms with Crippen LogP contribution in [-0.4, -0.2) is 6.61 Å². The minimum absolute atomic E-state index is 0.0246. The van der Waals surface area contributed by atoms with Gasteiger partial charge in [-0.1, -0.05) is 6.92 Å². The Labute approximate surface area is 99.0 Å². The maximum atomic E-state index is 5.87. The van der Waals surface area contributed by atoms with Gasteiger partial charge in [-0.25, -0.2) is 0 Å². The summed E-state index contributed by atoms with van der Waals surface area (Å²) >= 11 is 2.28. The molecule has 2 nitrogen and oxygen atoms in total. The molecule has 0 fully saturated rings. The van der Waals surface area contributed by atoms with Gasteiger partial charge < -0.3 is 10.5 Å². The third-order valence-corrected chi connectivity index (χ3v) is 2.60. The average Bonchev–Trinajstić information content (AvgIpc) is 2.15. The third kappa shape index (κ3) is 3.13. The van der Waals surface area contributed by atoms with E-state index in [2.05, 4.69) is 35.6 Å². The second-order valence-corrected chi connectivity index (χ2v) is 4.56. The molecule has 0 bridgehead atoms. The highest BCUT2D eigenvalue weighted by Crippen LogP contribution is 2.25. The molecule has 0 spiro atoms. The van der Waals surface area contributed by atoms with Gasteiger partial charge in [-0.15, -0.1) is 0 Å². The van der Waals surface area contributed by atoms with Gasteiger partial charge in [0.05, 0.1) is 6.61 Å². The molecular formula is C11H16INO. The molecular weight excluding hydrogens is 289 g/mol. The first kappa shape index (κ1) is 11.8. The average molecular weight is 305 g/mol. The second kappa shape index (κ2) is 5.56. The summed E-state index contributed by atoms with van der Waals surface area (Å²) in [5.41, 5.74) is 6.96. The highest BCUT2D eigenvalue weighted by molar-refractivity contribution is 14.1. The zero-order valence-electron chi connectivity index (χ0n) is 8.59. The molecule has 1 unspecified atom stereocenters. The van der Waals surface area contributed by atoms with Crippen LogP contribution in [0.2, 0.25) is 0 Å². The Hall–Kier alpha value is -0.290. The highest BCUT2D eigenvalue weighted by Gasteiger charge is 2.08. The fraction of sp³-hybridized carbons (Fsp3) is 0.455. The standard InChI is InChI=1S/C11H16INO/c1-3-6-14-11-5-4-9(12)7-10(11)8(2)13/h4-5,7-8H,3,6,13H2,1-2H3. The molecule has 0 saturated carbocycles. The first-order chi connectivity index (χ1) is 6.65. The summed E-state index contributed by atoms with van der Waals surface area (Å²) in [6, 6.07) is 6.14. The summed E-state index contributed by atoms with van der Waals surface area (Å²) in [7, 11) is 0. The Morgan fingerprint density at radius 2 is 2.21 bits per heavy atom. The van der Waals surface area contributed by atoms with E-state index in [1.165, 1.54) is 3.57 Å². The van der Waals surface area contributed by atoms with Crippen LogP contribution in [0.25, 0.3) is 0 Å². The van der Waals surface area contributed by atoms with E-state index < -0.39 is 0 Å². The molecule has 3 heteroatoms. The van der Waals surface area contributed by atoms with E-state index >= 15 is 0 Å². The van der Waals surface area contributed by atoms with Crippen molar-refractivity contribution in [2.24, 2.45) is 5.73 Å². The van der Waals surface area contributed by atoms with Crippen LogP contribution >= 0.6 is 22.6 Å². The predicted octanol–water partition coefficient (Wildman–Crippen LogP) is 3.10. The Morgan fingerprint density at radius 1 is 1.50 bits per heavy atom. The predicted molar refractivity (Wildman–Crippen MR) is 67.5 cm³/mol. The quantitative estimate of drug-likeness (QED) is 0.868. The molecule has 0 aliphatic rings. The minimum Gasteiger partial charge on any atom is -0.493 e. The monoisotopic (exact) mass is 305 g/mol. The zero-order chi connectivity index (χ0) is 10.6. The van der Waals surface area contributed by atoms with Crippen molar-refractivity contribution in [2.45, 2.75) is 26.3 Å². The second-order valence-electron chi connectivity index (χ2n) is 3.32. The number of ether oxygens (including phenoxy) is 1. The van der Waals surface area contributed by atoms with Gasteiger partial charge in [-0.2, -0.15) is 0 Å². The summed E-state index contributed by atoms with van der Waals surface area (Å²) < 4.78 is 6.81. The molecule has 1 aromatic rings. The van der Waals surface area contributed by atoms with Crippen LogP contribution in [0.4, 0.5) is 0 Å². The molecule has 1 rings (SSSR count). The van der Waals surface area contributed by atoms with Gasteiger partial charge in [-0.3, -0.25) is 0 Å². The van der Waals surface area contributed by atoms with Crippen molar-refractivity contribution in [3.63, 3.8) is 0 Å². The van der Waals surface area contributed by atoms with Crippen LogP contribution in [0.1, 0.15) is 31.9 Å². The number of hydrogen-bond donors (Lipinski definition) is 1. The van der Waals surface area contributed by atoms with Gasteiger partial charge >= 0.3 is 0 Å². The minimum atomic E-state index is 0.0246. The van der Waals surface area contributed by atoms with Crippen LogP contribution in [-0.2, 0) is 0 Å². The molecule has 0 heterocycles. The normalized spacial score (nSPS) is 12.6. The lowest BCUT2D eigenvalue weighted by molar-refractivity contribution is 0.312. The maximum absolute atomic E-state index is 5.87. The molecule has 1 aromatic carbocycles. The Balaban J connectivity index is 2.90. The largest absolute Gasteiger partial charge is 0.493 e. The van der Waals surface area contributed by atoms with Gasteiger partial charge in [0.1, 0.15) is 5.75 Å². The number of halogens is 1. The van der Waals surface area contributed by atoms with Crippen molar-refractivity contribution in [3.8, 4) is 5.75 Å². The van der Waals surface area contributed by atoms with Crippen molar-refractivity contribution >= 4 is 22.6 Å². The maximum Gasteiger partial charge on any atom is 0.124 e. The van der Waals surface area contributed by atoms with Crippen LogP contribution < -0.4 is 10.5 Å². The van der Waals surface area contributed by atoms with Crippen LogP contribution in [0, 0.1) is 3.57 Å². The molecule has 78 valence electrons. The van der Waals surface area contributed by atoms with Gasteiger partial charge in [-0.05, 0) is 54.1 Å². The number of nitrogens with two attached hydrogens (primary N) is 1. The Kier molecular flexibility index (Phi) is 4.68. The topological polar surface area (TPSA) is 35.2 Å². The molecule has 14 heavy (non-hydrogen) atoms. The molecule has 0 aromatic heterocycles. The summed E-state index contributed by atoms with van der Waals surface area (Å²) in [4.78, 5) is 0. The van der Waals surface area contributed by atoms with E-state index in [1.807, 2.05) is 19.1 Å². The fourth-order valence-electron chi connectivity index (χ4n) is 1.22. The van der Waals surface area contributed by atoms with E-state index in [-0.39, 0.29) is 6.04 Å². The molecule has 0 amide bonds. The van der Waals surface area contributed by atoms with E-state index in [0.29, 0.717) is 0 Å². The Morgan fingerprint density at radius 3 is 2.79 bits per heavy atom. The van der Waals surface area contributed by atoms with E-state index in [9.17, 15) is 0 Å². The SMILES string of the molecule is CCCOc1ccc(I)cc1C(C)N. The van der Waals surface area contributed by atoms with Crippen LogP contribution in [0.3, 0.4) is 0 Å². The van der Waals surface area contributed by atoms with E-state index in [4.69, 9.17) is 10.5 Å². The zero-order valence-corrected chi connectivity index (χ0v) is 10.7. The summed E-state index contributed by atoms with van der Waals surface area (Å²) in [5, 5.41) is 0. The highest BCUT2D eigenvalue weighted by atomic mass is 127. The van der Waals surface area contributed by atoms with E-state index in [1.54, 1.807) is 0 Å². The fourth-order valence-corrected chi connectivity index (χ4v) is 1.73. The van der Waals surface area contributed by atoms with Crippen molar-refractivity contribution in [1.29, 1.82) is 0 Å². The number of hydrogen-bond acceptors (Lipinski definition) is 2. The summed E-state index contributed by atoms with van der Waals surface area (Å²) in [5.74, 6) is 0.919. The van der Waals surface area contributed by atoms with Gasteiger partial charge in [0.15, 0.2) is 0 Å². The Bertz CT molecular complexity index is 299. The van der Waals surface area contributed by atoms with Gasteiger partial charge in [0.2, 0.25) is 0 Å². The van der Waals surface area contributed by atoms with Gasteiger partial charge in [0, 0.05) is 15.2 Å². The summed E-state index contributed by atoms with van der Waals surface area (Å²) in [6.07, 6.45) is 1.02. The van der Waals surface area contributed by atoms with E-state index in [0.717, 1.165) is 24.3 Å². The number of rotatable bonds is 4. The number of benzene rings is 1. The van der Waals surface area contributed by atoms with Crippen LogP contribution in [0.5, 0.6) is 5.75 Å². The summed E-state index contributed by atoms with van der Waals surface area (Å²) in [6.45, 7) is 4.82. The molecule has 0 aliphatic carbocycles. The first-order valence-corrected chi connectivity index (χ1v) is 5.91.